The van der Waals surface area contributed by atoms with Crippen LogP contribution in [0.25, 0.3) is 0 Å². The minimum atomic E-state index is -0.0223. The van der Waals surface area contributed by atoms with Gasteiger partial charge < -0.3 is 14.5 Å². The maximum atomic E-state index is 12.1. The molecule has 6 heteroatoms. The van der Waals surface area contributed by atoms with E-state index >= 15 is 0 Å². The second-order valence-electron chi connectivity index (χ2n) is 7.15. The van der Waals surface area contributed by atoms with E-state index in [4.69, 9.17) is 9.47 Å². The van der Waals surface area contributed by atoms with Crippen LogP contribution in [-0.2, 0) is 6.54 Å². The zero-order valence-electron chi connectivity index (χ0n) is 16.7. The van der Waals surface area contributed by atoms with E-state index < -0.39 is 0 Å². The van der Waals surface area contributed by atoms with E-state index in [9.17, 15) is 4.79 Å². The standard InChI is InChI=1S/C21H29N3O3/c1-5-27-18-9-8-16(11-19(18)26-4)12-24-10-6-7-17(13-24)20-22-15(3)14(2)21(25)23-20/h8-9,11,17H,5-7,10,12-13H2,1-4H3,(H,22,23,25). The summed E-state index contributed by atoms with van der Waals surface area (Å²) >= 11 is 0. The molecule has 6 nitrogen and oxygen atoms in total. The number of methoxy groups -OCH3 is 1. The van der Waals surface area contributed by atoms with E-state index in [-0.39, 0.29) is 11.5 Å². The summed E-state index contributed by atoms with van der Waals surface area (Å²) < 4.78 is 11.1. The minimum Gasteiger partial charge on any atom is -0.493 e. The molecule has 2 aromatic rings. The van der Waals surface area contributed by atoms with Crippen LogP contribution in [-0.4, -0.2) is 41.7 Å². The van der Waals surface area contributed by atoms with Crippen molar-refractivity contribution in [3.05, 3.63) is 51.2 Å². The monoisotopic (exact) mass is 371 g/mol. The van der Waals surface area contributed by atoms with Crippen LogP contribution in [0.15, 0.2) is 23.0 Å². The smallest absolute Gasteiger partial charge is 0.254 e. The summed E-state index contributed by atoms with van der Waals surface area (Å²) in [6.45, 7) is 9.08. The lowest BCUT2D eigenvalue weighted by Crippen LogP contribution is -2.35. The van der Waals surface area contributed by atoms with Gasteiger partial charge in [0, 0.05) is 30.3 Å². The van der Waals surface area contributed by atoms with Gasteiger partial charge in [-0.15, -0.1) is 0 Å². The number of piperidine rings is 1. The topological polar surface area (TPSA) is 67.5 Å². The molecule has 1 atom stereocenters. The summed E-state index contributed by atoms with van der Waals surface area (Å²) in [6, 6.07) is 6.11. The minimum absolute atomic E-state index is 0.0223. The van der Waals surface area contributed by atoms with Crippen LogP contribution in [0.3, 0.4) is 0 Å². The van der Waals surface area contributed by atoms with Gasteiger partial charge in [0.1, 0.15) is 5.82 Å². The summed E-state index contributed by atoms with van der Waals surface area (Å²) in [6.07, 6.45) is 2.14. The Bertz CT molecular complexity index is 847. The van der Waals surface area contributed by atoms with E-state index in [2.05, 4.69) is 20.9 Å². The van der Waals surface area contributed by atoms with Crippen molar-refractivity contribution in [3.8, 4) is 11.5 Å². The number of hydrogen-bond acceptors (Lipinski definition) is 5. The van der Waals surface area contributed by atoms with E-state index in [1.807, 2.05) is 32.9 Å². The number of H-pyrrole nitrogens is 1. The Morgan fingerprint density at radius 3 is 2.81 bits per heavy atom. The number of ether oxygens (including phenoxy) is 2. The molecule has 0 radical (unpaired) electrons. The third-order valence-electron chi connectivity index (χ3n) is 5.24. The van der Waals surface area contributed by atoms with Crippen molar-refractivity contribution < 1.29 is 9.47 Å². The van der Waals surface area contributed by atoms with Crippen LogP contribution >= 0.6 is 0 Å². The molecule has 27 heavy (non-hydrogen) atoms. The normalized spacial score (nSPS) is 17.7. The quantitative estimate of drug-likeness (QED) is 0.845. The van der Waals surface area contributed by atoms with Crippen molar-refractivity contribution in [1.82, 2.24) is 14.9 Å². The first-order chi connectivity index (χ1) is 13.0. The number of aryl methyl sites for hydroxylation is 1. The number of benzene rings is 1. The van der Waals surface area contributed by atoms with Crippen LogP contribution in [0.1, 0.15) is 48.3 Å². The van der Waals surface area contributed by atoms with Crippen LogP contribution in [0.5, 0.6) is 11.5 Å². The third kappa shape index (κ3) is 4.50. The number of likely N-dealkylation sites (tertiary alicyclic amines) is 1. The molecule has 0 spiro atoms. The van der Waals surface area contributed by atoms with Crippen molar-refractivity contribution in [2.24, 2.45) is 0 Å². The zero-order chi connectivity index (χ0) is 19.4. The number of hydrogen-bond donors (Lipinski definition) is 1. The molecule has 3 rings (SSSR count). The largest absolute Gasteiger partial charge is 0.493 e. The number of aromatic nitrogens is 2. The first kappa shape index (κ1) is 19.4. The van der Waals surface area contributed by atoms with Gasteiger partial charge in [-0.05, 0) is 57.9 Å². The summed E-state index contributed by atoms with van der Waals surface area (Å²) in [7, 11) is 1.67. The van der Waals surface area contributed by atoms with Crippen molar-refractivity contribution in [3.63, 3.8) is 0 Å². The Balaban J connectivity index is 1.72. The predicted molar refractivity (Wildman–Crippen MR) is 106 cm³/mol. The Morgan fingerprint density at radius 1 is 1.30 bits per heavy atom. The Labute approximate surface area is 160 Å². The Kier molecular flexibility index (Phi) is 6.16. The van der Waals surface area contributed by atoms with Crippen LogP contribution in [0.2, 0.25) is 0 Å². The van der Waals surface area contributed by atoms with Gasteiger partial charge in [0.25, 0.3) is 5.56 Å². The average molecular weight is 371 g/mol. The molecule has 0 aliphatic carbocycles. The average Bonchev–Trinajstić information content (AvgIpc) is 2.67. The molecule has 0 bridgehead atoms. The highest BCUT2D eigenvalue weighted by atomic mass is 16.5. The zero-order valence-corrected chi connectivity index (χ0v) is 16.7. The van der Waals surface area contributed by atoms with Gasteiger partial charge in [0.15, 0.2) is 11.5 Å². The van der Waals surface area contributed by atoms with Crippen LogP contribution in [0, 0.1) is 13.8 Å². The molecular weight excluding hydrogens is 342 g/mol. The summed E-state index contributed by atoms with van der Waals surface area (Å²) in [5, 5.41) is 0. The molecule has 1 aromatic carbocycles. The fourth-order valence-corrected chi connectivity index (χ4v) is 3.63. The van der Waals surface area contributed by atoms with E-state index in [0.29, 0.717) is 12.2 Å². The van der Waals surface area contributed by atoms with Crippen molar-refractivity contribution in [2.75, 3.05) is 26.8 Å². The Hall–Kier alpha value is -2.34. The lowest BCUT2D eigenvalue weighted by atomic mass is 9.96. The number of rotatable bonds is 6. The highest BCUT2D eigenvalue weighted by Crippen LogP contribution is 2.30. The van der Waals surface area contributed by atoms with Gasteiger partial charge in [0.05, 0.1) is 13.7 Å². The van der Waals surface area contributed by atoms with Gasteiger partial charge in [-0.2, -0.15) is 0 Å². The van der Waals surface area contributed by atoms with Gasteiger partial charge in [-0.25, -0.2) is 4.98 Å². The maximum absolute atomic E-state index is 12.1. The molecule has 1 N–H and O–H groups in total. The summed E-state index contributed by atoms with van der Waals surface area (Å²) in [4.78, 5) is 22.1. The number of aromatic amines is 1. The van der Waals surface area contributed by atoms with Crippen molar-refractivity contribution in [2.45, 2.75) is 46.1 Å². The molecule has 0 saturated carbocycles. The second-order valence-corrected chi connectivity index (χ2v) is 7.15. The predicted octanol–water partition coefficient (Wildman–Crippen LogP) is 3.17. The summed E-state index contributed by atoms with van der Waals surface area (Å²) in [5.41, 5.74) is 2.69. The van der Waals surface area contributed by atoms with Crippen molar-refractivity contribution in [1.29, 1.82) is 0 Å². The van der Waals surface area contributed by atoms with Crippen LogP contribution in [0.4, 0.5) is 0 Å². The molecule has 1 aliphatic heterocycles. The van der Waals surface area contributed by atoms with Crippen molar-refractivity contribution >= 4 is 0 Å². The molecule has 1 saturated heterocycles. The lowest BCUT2D eigenvalue weighted by Gasteiger charge is -2.32. The second kappa shape index (κ2) is 8.57. The first-order valence-electron chi connectivity index (χ1n) is 9.61. The van der Waals surface area contributed by atoms with Gasteiger partial charge in [0.2, 0.25) is 0 Å². The molecule has 2 heterocycles. The fraction of sp³-hybridized carbons (Fsp3) is 0.524. The number of nitrogens with zero attached hydrogens (tertiary/aromatic N) is 2. The molecule has 0 amide bonds. The molecule has 1 unspecified atom stereocenters. The van der Waals surface area contributed by atoms with E-state index in [0.717, 1.165) is 55.5 Å². The molecular formula is C21H29N3O3. The van der Waals surface area contributed by atoms with E-state index in [1.54, 1.807) is 7.11 Å². The highest BCUT2D eigenvalue weighted by Gasteiger charge is 2.24. The van der Waals surface area contributed by atoms with Gasteiger partial charge >= 0.3 is 0 Å². The molecule has 1 aromatic heterocycles. The van der Waals surface area contributed by atoms with Gasteiger partial charge in [-0.3, -0.25) is 9.69 Å². The Morgan fingerprint density at radius 2 is 2.11 bits per heavy atom. The maximum Gasteiger partial charge on any atom is 0.254 e. The number of nitrogens with one attached hydrogen (secondary N) is 1. The lowest BCUT2D eigenvalue weighted by molar-refractivity contribution is 0.196. The first-order valence-corrected chi connectivity index (χ1v) is 9.61. The third-order valence-corrected chi connectivity index (χ3v) is 5.24. The summed E-state index contributed by atoms with van der Waals surface area (Å²) in [5.74, 6) is 2.62. The van der Waals surface area contributed by atoms with Gasteiger partial charge in [-0.1, -0.05) is 6.07 Å². The van der Waals surface area contributed by atoms with E-state index in [1.165, 1.54) is 5.56 Å². The van der Waals surface area contributed by atoms with Crippen LogP contribution < -0.4 is 15.0 Å². The SMILES string of the molecule is CCOc1ccc(CN2CCCC(c3nc(C)c(C)c(=O)[nH]3)C2)cc1OC. The molecule has 1 aliphatic rings. The molecule has 1 fully saturated rings. The molecule has 146 valence electrons. The fourth-order valence-electron chi connectivity index (χ4n) is 3.63. The highest BCUT2D eigenvalue weighted by molar-refractivity contribution is 5.43.